The zero-order valence-electron chi connectivity index (χ0n) is 11.9. The van der Waals surface area contributed by atoms with Crippen molar-refractivity contribution >= 4 is 34.7 Å². The van der Waals surface area contributed by atoms with Gasteiger partial charge in [-0.25, -0.2) is 4.98 Å². The van der Waals surface area contributed by atoms with Crippen molar-refractivity contribution in [2.24, 2.45) is 0 Å². The number of fused-ring (bicyclic) bond motifs is 1. The number of carboxylic acids is 1. The van der Waals surface area contributed by atoms with Crippen molar-refractivity contribution in [2.45, 2.75) is 25.3 Å². The standard InChI is InChI=1S/C14H17N3O3S/c1-9(14(19)20)15-13(18)7-17-11-6-4-3-5-10(11)16-12(17)8-21-2/h3-6,9H,7-8H2,1-2H3,(H,15,18)(H,19,20). The van der Waals surface area contributed by atoms with Crippen LogP contribution in [0.15, 0.2) is 24.3 Å². The van der Waals surface area contributed by atoms with Gasteiger partial charge >= 0.3 is 5.97 Å². The second-order valence-corrected chi connectivity index (χ2v) is 5.53. The molecule has 1 heterocycles. The Morgan fingerprint density at radius 2 is 2.14 bits per heavy atom. The van der Waals surface area contributed by atoms with Crippen molar-refractivity contribution < 1.29 is 14.7 Å². The Bertz CT molecular complexity index is 669. The third kappa shape index (κ3) is 3.55. The number of benzene rings is 1. The van der Waals surface area contributed by atoms with E-state index in [4.69, 9.17) is 5.11 Å². The van der Waals surface area contributed by atoms with E-state index in [1.54, 1.807) is 11.8 Å². The summed E-state index contributed by atoms with van der Waals surface area (Å²) in [4.78, 5) is 27.3. The number of aromatic nitrogens is 2. The Labute approximate surface area is 126 Å². The van der Waals surface area contributed by atoms with Gasteiger partial charge in [0.1, 0.15) is 18.4 Å². The third-order valence-electron chi connectivity index (χ3n) is 3.06. The van der Waals surface area contributed by atoms with Crippen LogP contribution in [0, 0.1) is 0 Å². The highest BCUT2D eigenvalue weighted by Gasteiger charge is 2.17. The number of nitrogens with zero attached hydrogens (tertiary/aromatic N) is 2. The van der Waals surface area contributed by atoms with E-state index < -0.39 is 12.0 Å². The minimum atomic E-state index is -1.05. The number of thioether (sulfide) groups is 1. The molecule has 0 bridgehead atoms. The fraction of sp³-hybridized carbons (Fsp3) is 0.357. The Morgan fingerprint density at radius 3 is 2.81 bits per heavy atom. The van der Waals surface area contributed by atoms with Gasteiger partial charge in [-0.2, -0.15) is 11.8 Å². The molecule has 0 aliphatic carbocycles. The van der Waals surface area contributed by atoms with Crippen LogP contribution >= 0.6 is 11.8 Å². The number of rotatable bonds is 6. The maximum atomic E-state index is 12.0. The van der Waals surface area contributed by atoms with Crippen molar-refractivity contribution in [3.8, 4) is 0 Å². The summed E-state index contributed by atoms with van der Waals surface area (Å²) >= 11 is 1.62. The van der Waals surface area contributed by atoms with E-state index in [1.165, 1.54) is 6.92 Å². The van der Waals surface area contributed by atoms with Crippen LogP contribution in [0.2, 0.25) is 0 Å². The van der Waals surface area contributed by atoms with E-state index in [9.17, 15) is 9.59 Å². The first-order valence-corrected chi connectivity index (χ1v) is 7.87. The van der Waals surface area contributed by atoms with E-state index >= 15 is 0 Å². The molecule has 2 rings (SSSR count). The van der Waals surface area contributed by atoms with Crippen molar-refractivity contribution in [1.29, 1.82) is 0 Å². The molecule has 21 heavy (non-hydrogen) atoms. The molecule has 2 N–H and O–H groups in total. The highest BCUT2D eigenvalue weighted by molar-refractivity contribution is 7.97. The van der Waals surface area contributed by atoms with Gasteiger partial charge in [0.15, 0.2) is 0 Å². The average molecular weight is 307 g/mol. The van der Waals surface area contributed by atoms with E-state index in [2.05, 4.69) is 10.3 Å². The summed E-state index contributed by atoms with van der Waals surface area (Å²) < 4.78 is 1.83. The summed E-state index contributed by atoms with van der Waals surface area (Å²) in [6.45, 7) is 1.50. The number of carboxylic acid groups (broad SMARTS) is 1. The van der Waals surface area contributed by atoms with Crippen LogP contribution in [0.1, 0.15) is 12.7 Å². The Kier molecular flexibility index (Phi) is 4.85. The lowest BCUT2D eigenvalue weighted by atomic mass is 10.3. The molecular weight excluding hydrogens is 290 g/mol. The normalized spacial score (nSPS) is 12.3. The quantitative estimate of drug-likeness (QED) is 0.844. The van der Waals surface area contributed by atoms with Crippen LogP contribution in [0.5, 0.6) is 0 Å². The number of imidazole rings is 1. The second kappa shape index (κ2) is 6.62. The van der Waals surface area contributed by atoms with Gasteiger partial charge in [0.05, 0.1) is 16.8 Å². The lowest BCUT2D eigenvalue weighted by molar-refractivity contribution is -0.141. The summed E-state index contributed by atoms with van der Waals surface area (Å²) in [5, 5.41) is 11.3. The molecule has 0 fully saturated rings. The number of aliphatic carboxylic acids is 1. The summed E-state index contributed by atoms with van der Waals surface area (Å²) in [6, 6.07) is 6.68. The summed E-state index contributed by atoms with van der Waals surface area (Å²) in [7, 11) is 0. The van der Waals surface area contributed by atoms with Gasteiger partial charge in [0.2, 0.25) is 5.91 Å². The Balaban J connectivity index is 2.25. The molecule has 6 nitrogen and oxygen atoms in total. The summed E-state index contributed by atoms with van der Waals surface area (Å²) in [6.07, 6.45) is 1.97. The van der Waals surface area contributed by atoms with Crippen molar-refractivity contribution in [2.75, 3.05) is 6.26 Å². The number of amides is 1. The fourth-order valence-electron chi connectivity index (χ4n) is 2.03. The molecule has 0 saturated heterocycles. The molecule has 1 unspecified atom stereocenters. The number of carbonyl (C=O) groups excluding carboxylic acids is 1. The van der Waals surface area contributed by atoms with Crippen molar-refractivity contribution in [3.63, 3.8) is 0 Å². The predicted octanol–water partition coefficient (Wildman–Crippen LogP) is 1.49. The smallest absolute Gasteiger partial charge is 0.325 e. The maximum absolute atomic E-state index is 12.0. The zero-order valence-corrected chi connectivity index (χ0v) is 12.7. The number of carbonyl (C=O) groups is 2. The highest BCUT2D eigenvalue weighted by Crippen LogP contribution is 2.18. The minimum absolute atomic E-state index is 0.0635. The molecule has 2 aromatic rings. The van der Waals surface area contributed by atoms with Crippen LogP contribution in [0.25, 0.3) is 11.0 Å². The summed E-state index contributed by atoms with van der Waals surface area (Å²) in [5.74, 6) is 0.108. The molecule has 1 amide bonds. The predicted molar refractivity (Wildman–Crippen MR) is 82.2 cm³/mol. The van der Waals surface area contributed by atoms with Gasteiger partial charge in [-0.15, -0.1) is 0 Å². The maximum Gasteiger partial charge on any atom is 0.325 e. The molecule has 1 atom stereocenters. The largest absolute Gasteiger partial charge is 0.480 e. The second-order valence-electron chi connectivity index (χ2n) is 4.66. The first-order chi connectivity index (χ1) is 10.0. The van der Waals surface area contributed by atoms with Crippen molar-refractivity contribution in [3.05, 3.63) is 30.1 Å². The number of hydrogen-bond donors (Lipinski definition) is 2. The monoisotopic (exact) mass is 307 g/mol. The Hall–Kier alpha value is -2.02. The van der Waals surface area contributed by atoms with Crippen LogP contribution in [0.3, 0.4) is 0 Å². The molecule has 0 spiro atoms. The molecule has 0 aliphatic heterocycles. The van der Waals surface area contributed by atoms with Crippen molar-refractivity contribution in [1.82, 2.24) is 14.9 Å². The van der Waals surface area contributed by atoms with Gasteiger partial charge in [-0.05, 0) is 25.3 Å². The topological polar surface area (TPSA) is 84.2 Å². The molecule has 0 radical (unpaired) electrons. The molecule has 7 heteroatoms. The first kappa shape index (κ1) is 15.4. The van der Waals surface area contributed by atoms with Crippen LogP contribution in [-0.4, -0.2) is 38.8 Å². The third-order valence-corrected chi connectivity index (χ3v) is 3.60. The highest BCUT2D eigenvalue weighted by atomic mass is 32.2. The average Bonchev–Trinajstić information content (AvgIpc) is 2.77. The summed E-state index contributed by atoms with van der Waals surface area (Å²) in [5.41, 5.74) is 1.71. The number of hydrogen-bond acceptors (Lipinski definition) is 4. The van der Waals surface area contributed by atoms with Gasteiger partial charge in [-0.1, -0.05) is 12.1 Å². The lowest BCUT2D eigenvalue weighted by Crippen LogP contribution is -2.40. The van der Waals surface area contributed by atoms with E-state index in [-0.39, 0.29) is 12.5 Å². The minimum Gasteiger partial charge on any atom is -0.480 e. The van der Waals surface area contributed by atoms with Crippen LogP contribution in [0.4, 0.5) is 0 Å². The van der Waals surface area contributed by atoms with Gasteiger partial charge in [-0.3, -0.25) is 9.59 Å². The zero-order chi connectivity index (χ0) is 15.4. The number of nitrogens with one attached hydrogen (secondary N) is 1. The van der Waals surface area contributed by atoms with Gasteiger partial charge < -0.3 is 15.0 Å². The Morgan fingerprint density at radius 1 is 1.43 bits per heavy atom. The molecule has 0 aliphatic rings. The molecule has 1 aromatic heterocycles. The lowest BCUT2D eigenvalue weighted by Gasteiger charge is -2.12. The van der Waals surface area contributed by atoms with Crippen LogP contribution in [-0.2, 0) is 21.9 Å². The van der Waals surface area contributed by atoms with Crippen LogP contribution < -0.4 is 5.32 Å². The molecule has 0 saturated carbocycles. The molecule has 1 aromatic carbocycles. The first-order valence-electron chi connectivity index (χ1n) is 6.48. The van der Waals surface area contributed by atoms with E-state index in [1.807, 2.05) is 35.1 Å². The SMILES string of the molecule is CSCc1nc2ccccc2n1CC(=O)NC(C)C(=O)O. The van der Waals surface area contributed by atoms with E-state index in [0.29, 0.717) is 5.75 Å². The van der Waals surface area contributed by atoms with E-state index in [0.717, 1.165) is 16.9 Å². The molecule has 112 valence electrons. The molecular formula is C14H17N3O3S. The fourth-order valence-corrected chi connectivity index (χ4v) is 2.51. The van der Waals surface area contributed by atoms with Gasteiger partial charge in [0.25, 0.3) is 0 Å². The number of para-hydroxylation sites is 2. The van der Waals surface area contributed by atoms with Gasteiger partial charge in [0, 0.05) is 0 Å².